The van der Waals surface area contributed by atoms with E-state index in [-0.39, 0.29) is 5.84 Å². The molecule has 0 fully saturated rings. The molecule has 0 aliphatic heterocycles. The van der Waals surface area contributed by atoms with Crippen LogP contribution in [0.2, 0.25) is 0 Å². The molecule has 0 heterocycles. The second-order valence-electron chi connectivity index (χ2n) is 5.70. The molecule has 0 saturated carbocycles. The van der Waals surface area contributed by atoms with Gasteiger partial charge >= 0.3 is 0 Å². The van der Waals surface area contributed by atoms with Gasteiger partial charge in [-0.3, -0.25) is 4.79 Å². The van der Waals surface area contributed by atoms with Crippen molar-refractivity contribution < 1.29 is 19.4 Å². The number of aliphatic hydroxyl groups excluding tert-OH is 1. The first-order valence-corrected chi connectivity index (χ1v) is 8.23. The first-order chi connectivity index (χ1) is 13.0. The highest BCUT2D eigenvalue weighted by molar-refractivity contribution is 6.06. The van der Waals surface area contributed by atoms with Crippen LogP contribution in [0.4, 0.5) is 5.69 Å². The minimum absolute atomic E-state index is 0.181. The van der Waals surface area contributed by atoms with E-state index in [9.17, 15) is 9.90 Å². The van der Waals surface area contributed by atoms with Crippen molar-refractivity contribution in [1.82, 2.24) is 5.32 Å². The molecule has 27 heavy (non-hydrogen) atoms. The highest BCUT2D eigenvalue weighted by Gasteiger charge is 2.18. The fourth-order valence-electron chi connectivity index (χ4n) is 2.33. The first-order valence-electron chi connectivity index (χ1n) is 8.23. The minimum atomic E-state index is -1.33. The van der Waals surface area contributed by atoms with Gasteiger partial charge in [-0.15, -0.1) is 0 Å². The number of hydrogen-bond donors (Lipinski definition) is 3. The van der Waals surface area contributed by atoms with Gasteiger partial charge in [-0.05, 0) is 36.9 Å². The van der Waals surface area contributed by atoms with Crippen LogP contribution < -0.4 is 20.5 Å². The van der Waals surface area contributed by atoms with Crippen molar-refractivity contribution in [1.29, 1.82) is 0 Å². The largest absolute Gasteiger partial charge is 0.493 e. The van der Waals surface area contributed by atoms with Crippen molar-refractivity contribution in [3.8, 4) is 11.5 Å². The molecule has 0 aromatic heterocycles. The van der Waals surface area contributed by atoms with E-state index in [1.807, 2.05) is 19.1 Å². The third-order valence-corrected chi connectivity index (χ3v) is 3.76. The molecule has 7 nitrogen and oxygen atoms in total. The SMILES string of the molecule is COc1ccc(N=C(C=CN)NC(=O)C(O)c2ccc(C)cc2)cc1OC. The maximum Gasteiger partial charge on any atom is 0.258 e. The number of carbonyl (C=O) groups is 1. The third-order valence-electron chi connectivity index (χ3n) is 3.76. The molecule has 2 rings (SSSR count). The molecule has 2 aromatic carbocycles. The van der Waals surface area contributed by atoms with Gasteiger partial charge in [-0.1, -0.05) is 29.8 Å². The number of nitrogens with zero attached hydrogens (tertiary/aromatic N) is 1. The van der Waals surface area contributed by atoms with E-state index < -0.39 is 12.0 Å². The van der Waals surface area contributed by atoms with Crippen molar-refractivity contribution in [2.75, 3.05) is 14.2 Å². The average Bonchev–Trinajstić information content (AvgIpc) is 2.68. The smallest absolute Gasteiger partial charge is 0.258 e. The number of nitrogens with one attached hydrogen (secondary N) is 1. The molecule has 0 radical (unpaired) electrons. The lowest BCUT2D eigenvalue weighted by Crippen LogP contribution is -2.33. The number of aryl methyl sites for hydroxylation is 1. The number of aliphatic imine (C=N–C) groups is 1. The second-order valence-corrected chi connectivity index (χ2v) is 5.70. The molecule has 4 N–H and O–H groups in total. The quantitative estimate of drug-likeness (QED) is 0.535. The van der Waals surface area contributed by atoms with Crippen molar-refractivity contribution in [3.05, 3.63) is 65.9 Å². The van der Waals surface area contributed by atoms with Crippen LogP contribution in [0, 0.1) is 6.92 Å². The van der Waals surface area contributed by atoms with Gasteiger partial charge in [0.2, 0.25) is 0 Å². The Bertz CT molecular complexity index is 845. The number of ether oxygens (including phenoxy) is 2. The van der Waals surface area contributed by atoms with E-state index in [1.165, 1.54) is 26.5 Å². The molecule has 2 aromatic rings. The fourth-order valence-corrected chi connectivity index (χ4v) is 2.33. The zero-order valence-electron chi connectivity index (χ0n) is 15.5. The van der Waals surface area contributed by atoms with Crippen LogP contribution >= 0.6 is 0 Å². The Balaban J connectivity index is 2.22. The van der Waals surface area contributed by atoms with E-state index >= 15 is 0 Å². The number of hydrogen-bond acceptors (Lipinski definition) is 6. The highest BCUT2D eigenvalue weighted by atomic mass is 16.5. The standard InChI is InChI=1S/C20H23N3O4/c1-13-4-6-14(7-5-13)19(24)20(25)23-18(10-11-21)22-15-8-9-16(26-2)17(12-15)27-3/h4-12,19,24H,21H2,1-3H3,(H,22,23,25). The topological polar surface area (TPSA) is 106 Å². The van der Waals surface area contributed by atoms with Crippen LogP contribution in [0.1, 0.15) is 17.2 Å². The summed E-state index contributed by atoms with van der Waals surface area (Å²) in [6.45, 7) is 1.93. The molecular formula is C20H23N3O4. The summed E-state index contributed by atoms with van der Waals surface area (Å²) >= 11 is 0. The van der Waals surface area contributed by atoms with Crippen LogP contribution in [-0.2, 0) is 4.79 Å². The Morgan fingerprint density at radius 3 is 2.41 bits per heavy atom. The molecule has 1 unspecified atom stereocenters. The Hall–Kier alpha value is -3.32. The molecule has 0 spiro atoms. The number of nitrogens with two attached hydrogens (primary N) is 1. The van der Waals surface area contributed by atoms with Gasteiger partial charge < -0.3 is 25.6 Å². The molecule has 0 saturated heterocycles. The number of rotatable bonds is 6. The van der Waals surface area contributed by atoms with E-state index in [0.29, 0.717) is 22.7 Å². The normalized spacial score (nSPS) is 12.7. The van der Waals surface area contributed by atoms with Crippen molar-refractivity contribution in [2.45, 2.75) is 13.0 Å². The maximum absolute atomic E-state index is 12.4. The molecule has 0 aliphatic rings. The maximum atomic E-state index is 12.4. The van der Waals surface area contributed by atoms with Crippen molar-refractivity contribution >= 4 is 17.4 Å². The lowest BCUT2D eigenvalue weighted by atomic mass is 10.1. The van der Waals surface area contributed by atoms with E-state index in [1.54, 1.807) is 30.3 Å². The van der Waals surface area contributed by atoms with Gasteiger partial charge in [0.25, 0.3) is 5.91 Å². The van der Waals surface area contributed by atoms with Gasteiger partial charge in [-0.25, -0.2) is 4.99 Å². The Morgan fingerprint density at radius 2 is 1.81 bits per heavy atom. The van der Waals surface area contributed by atoms with Gasteiger partial charge in [0.1, 0.15) is 5.84 Å². The summed E-state index contributed by atoms with van der Waals surface area (Å²) in [7, 11) is 3.06. The van der Waals surface area contributed by atoms with Crippen molar-refractivity contribution in [3.63, 3.8) is 0 Å². The van der Waals surface area contributed by atoms with Crippen LogP contribution in [0.5, 0.6) is 11.5 Å². The minimum Gasteiger partial charge on any atom is -0.493 e. The molecule has 0 bridgehead atoms. The molecule has 142 valence electrons. The molecule has 1 amide bonds. The molecule has 1 atom stereocenters. The van der Waals surface area contributed by atoms with Gasteiger partial charge in [0, 0.05) is 6.07 Å². The predicted molar refractivity (Wildman–Crippen MR) is 104 cm³/mol. The Labute approximate surface area is 158 Å². The monoisotopic (exact) mass is 369 g/mol. The number of benzene rings is 2. The van der Waals surface area contributed by atoms with Crippen LogP contribution in [0.3, 0.4) is 0 Å². The highest BCUT2D eigenvalue weighted by Crippen LogP contribution is 2.31. The van der Waals surface area contributed by atoms with Gasteiger partial charge in [-0.2, -0.15) is 0 Å². The lowest BCUT2D eigenvalue weighted by molar-refractivity contribution is -0.128. The summed E-state index contributed by atoms with van der Waals surface area (Å²) in [6.07, 6.45) is 1.35. The van der Waals surface area contributed by atoms with E-state index in [4.69, 9.17) is 15.2 Å². The summed E-state index contributed by atoms with van der Waals surface area (Å²) in [6, 6.07) is 12.1. The zero-order chi connectivity index (χ0) is 19.8. The second kappa shape index (κ2) is 9.40. The van der Waals surface area contributed by atoms with Gasteiger partial charge in [0.05, 0.1) is 19.9 Å². The zero-order valence-corrected chi connectivity index (χ0v) is 15.5. The Kier molecular flexibility index (Phi) is 6.96. The molecule has 7 heteroatoms. The van der Waals surface area contributed by atoms with Crippen LogP contribution in [0.15, 0.2) is 59.7 Å². The molecule has 0 aliphatic carbocycles. The van der Waals surface area contributed by atoms with E-state index in [0.717, 1.165) is 5.56 Å². The van der Waals surface area contributed by atoms with Crippen LogP contribution in [-0.4, -0.2) is 31.1 Å². The lowest BCUT2D eigenvalue weighted by Gasteiger charge is -2.12. The summed E-state index contributed by atoms with van der Waals surface area (Å²) in [4.78, 5) is 16.7. The van der Waals surface area contributed by atoms with Crippen molar-refractivity contribution in [2.24, 2.45) is 10.7 Å². The summed E-state index contributed by atoms with van der Waals surface area (Å²) in [5.41, 5.74) is 7.49. The number of aliphatic hydroxyl groups is 1. The number of amidine groups is 1. The third kappa shape index (κ3) is 5.32. The number of methoxy groups -OCH3 is 2. The number of amides is 1. The number of carbonyl (C=O) groups excluding carboxylic acids is 1. The van der Waals surface area contributed by atoms with E-state index in [2.05, 4.69) is 10.3 Å². The first kappa shape index (κ1) is 20.0. The summed E-state index contributed by atoms with van der Waals surface area (Å²) in [5.74, 6) is 0.629. The average molecular weight is 369 g/mol. The predicted octanol–water partition coefficient (Wildman–Crippen LogP) is 2.36. The molecular weight excluding hydrogens is 346 g/mol. The van der Waals surface area contributed by atoms with Crippen LogP contribution in [0.25, 0.3) is 0 Å². The Morgan fingerprint density at radius 1 is 1.15 bits per heavy atom. The van der Waals surface area contributed by atoms with Gasteiger partial charge in [0.15, 0.2) is 17.6 Å². The summed E-state index contributed by atoms with van der Waals surface area (Å²) in [5, 5.41) is 12.8. The fraction of sp³-hybridized carbons (Fsp3) is 0.200. The summed E-state index contributed by atoms with van der Waals surface area (Å²) < 4.78 is 10.4.